The van der Waals surface area contributed by atoms with Gasteiger partial charge < -0.3 is 9.05 Å². The van der Waals surface area contributed by atoms with Gasteiger partial charge in [0.2, 0.25) is 11.8 Å². The van der Waals surface area contributed by atoms with E-state index < -0.39 is 0 Å². The van der Waals surface area contributed by atoms with E-state index in [0.717, 1.165) is 37.3 Å². The largest absolute Gasteiger partial charge is 0.340 e. The lowest BCUT2D eigenvalue weighted by molar-refractivity contribution is 0.303. The van der Waals surface area contributed by atoms with E-state index in [4.69, 9.17) is 9.05 Å². The molecule has 0 saturated heterocycles. The molecule has 0 unspecified atom stereocenters. The van der Waals surface area contributed by atoms with Crippen LogP contribution in [0.15, 0.2) is 9.05 Å². The van der Waals surface area contributed by atoms with Crippen LogP contribution in [0.3, 0.4) is 0 Å². The number of nitrogens with zero attached hydrogens (tertiary/aromatic N) is 4. The van der Waals surface area contributed by atoms with Gasteiger partial charge in [-0.1, -0.05) is 44.9 Å². The van der Waals surface area contributed by atoms with Gasteiger partial charge in [0.1, 0.15) is 0 Å². The summed E-state index contributed by atoms with van der Waals surface area (Å²) in [5, 5.41) is 8.04. The van der Waals surface area contributed by atoms with E-state index in [2.05, 4.69) is 54.9 Å². The van der Waals surface area contributed by atoms with E-state index in [1.54, 1.807) is 6.92 Å². The highest BCUT2D eigenvalue weighted by Crippen LogP contribution is 2.26. The number of rotatable bonds is 6. The second-order valence-corrected chi connectivity index (χ2v) is 7.91. The van der Waals surface area contributed by atoms with Crippen LogP contribution in [-0.2, 0) is 19.3 Å². The van der Waals surface area contributed by atoms with Gasteiger partial charge in [-0.3, -0.25) is 0 Å². The highest BCUT2D eigenvalue weighted by molar-refractivity contribution is 4.94. The van der Waals surface area contributed by atoms with Crippen molar-refractivity contribution in [3.8, 4) is 0 Å². The first kappa shape index (κ1) is 16.6. The fourth-order valence-corrected chi connectivity index (χ4v) is 2.30. The predicted molar refractivity (Wildman–Crippen MR) is 82.3 cm³/mol. The van der Waals surface area contributed by atoms with Crippen LogP contribution in [-0.4, -0.2) is 20.3 Å². The SMILES string of the molecule is Cc1nc(CC(C)(C)CCc2noc(CC(C)(C)C)n2)no1. The summed E-state index contributed by atoms with van der Waals surface area (Å²) in [7, 11) is 0. The summed E-state index contributed by atoms with van der Waals surface area (Å²) in [6.07, 6.45) is 3.30. The Kier molecular flexibility index (Phi) is 4.68. The molecular weight excluding hydrogens is 280 g/mol. The monoisotopic (exact) mass is 306 g/mol. The maximum atomic E-state index is 5.33. The van der Waals surface area contributed by atoms with Crippen molar-refractivity contribution in [2.45, 2.75) is 67.2 Å². The maximum Gasteiger partial charge on any atom is 0.227 e. The molecular formula is C16H26N4O2. The summed E-state index contributed by atoms with van der Waals surface area (Å²) in [6.45, 7) is 12.7. The molecule has 0 bridgehead atoms. The topological polar surface area (TPSA) is 77.8 Å². The second kappa shape index (κ2) is 6.18. The molecule has 22 heavy (non-hydrogen) atoms. The summed E-state index contributed by atoms with van der Waals surface area (Å²) >= 11 is 0. The quantitative estimate of drug-likeness (QED) is 0.812. The van der Waals surface area contributed by atoms with Crippen LogP contribution in [0.2, 0.25) is 0 Å². The van der Waals surface area contributed by atoms with E-state index in [9.17, 15) is 0 Å². The van der Waals surface area contributed by atoms with Crippen molar-refractivity contribution >= 4 is 0 Å². The minimum atomic E-state index is 0.0567. The fourth-order valence-electron chi connectivity index (χ4n) is 2.30. The van der Waals surface area contributed by atoms with Gasteiger partial charge in [-0.2, -0.15) is 9.97 Å². The smallest absolute Gasteiger partial charge is 0.227 e. The molecule has 2 aromatic rings. The zero-order valence-corrected chi connectivity index (χ0v) is 14.4. The van der Waals surface area contributed by atoms with E-state index in [1.165, 1.54) is 0 Å². The molecule has 0 spiro atoms. The minimum absolute atomic E-state index is 0.0567. The molecule has 0 atom stereocenters. The van der Waals surface area contributed by atoms with Gasteiger partial charge in [0, 0.05) is 26.2 Å². The van der Waals surface area contributed by atoms with Crippen LogP contribution >= 0.6 is 0 Å². The molecule has 0 aliphatic carbocycles. The Bertz CT molecular complexity index is 608. The first-order valence-electron chi connectivity index (χ1n) is 7.74. The molecule has 2 rings (SSSR count). The molecule has 6 heteroatoms. The van der Waals surface area contributed by atoms with Crippen molar-refractivity contribution < 1.29 is 9.05 Å². The van der Waals surface area contributed by atoms with Crippen LogP contribution in [0.5, 0.6) is 0 Å². The Morgan fingerprint density at radius 2 is 1.55 bits per heavy atom. The first-order valence-corrected chi connectivity index (χ1v) is 7.74. The van der Waals surface area contributed by atoms with Gasteiger partial charge in [0.05, 0.1) is 0 Å². The fraction of sp³-hybridized carbons (Fsp3) is 0.750. The van der Waals surface area contributed by atoms with E-state index in [-0.39, 0.29) is 10.8 Å². The molecule has 2 aromatic heterocycles. The van der Waals surface area contributed by atoms with Gasteiger partial charge in [-0.25, -0.2) is 0 Å². The molecule has 0 fully saturated rings. The summed E-state index contributed by atoms with van der Waals surface area (Å²) in [4.78, 5) is 8.75. The Hall–Kier alpha value is -1.72. The first-order chi connectivity index (χ1) is 10.1. The third kappa shape index (κ3) is 5.24. The number of aryl methyl sites for hydroxylation is 2. The number of hydrogen-bond donors (Lipinski definition) is 0. The third-order valence-electron chi connectivity index (χ3n) is 3.42. The normalized spacial score (nSPS) is 12.8. The minimum Gasteiger partial charge on any atom is -0.340 e. The lowest BCUT2D eigenvalue weighted by atomic mass is 9.84. The highest BCUT2D eigenvalue weighted by atomic mass is 16.5. The second-order valence-electron chi connectivity index (χ2n) is 7.91. The van der Waals surface area contributed by atoms with Crippen LogP contribution in [0, 0.1) is 17.8 Å². The van der Waals surface area contributed by atoms with Gasteiger partial charge in [-0.15, -0.1) is 0 Å². The molecule has 0 aromatic carbocycles. The lowest BCUT2D eigenvalue weighted by Gasteiger charge is -2.21. The van der Waals surface area contributed by atoms with Gasteiger partial charge in [0.15, 0.2) is 11.6 Å². The number of aromatic nitrogens is 4. The summed E-state index contributed by atoms with van der Waals surface area (Å²) in [5.74, 6) is 2.85. The van der Waals surface area contributed by atoms with Crippen LogP contribution in [0.1, 0.15) is 64.5 Å². The average molecular weight is 306 g/mol. The average Bonchev–Trinajstić information content (AvgIpc) is 2.94. The Morgan fingerprint density at radius 3 is 2.14 bits per heavy atom. The molecule has 0 N–H and O–H groups in total. The van der Waals surface area contributed by atoms with Crippen molar-refractivity contribution in [3.05, 3.63) is 23.4 Å². The maximum absolute atomic E-state index is 5.33. The Morgan fingerprint density at radius 1 is 0.864 bits per heavy atom. The molecule has 0 saturated carbocycles. The van der Waals surface area contributed by atoms with Gasteiger partial charge >= 0.3 is 0 Å². The molecule has 0 radical (unpaired) electrons. The Balaban J connectivity index is 1.88. The van der Waals surface area contributed by atoms with Gasteiger partial charge in [-0.05, 0) is 17.3 Å². The summed E-state index contributed by atoms with van der Waals surface area (Å²) in [6, 6.07) is 0. The Labute approximate surface area is 131 Å². The van der Waals surface area contributed by atoms with Crippen LogP contribution < -0.4 is 0 Å². The van der Waals surface area contributed by atoms with Crippen molar-refractivity contribution in [2.24, 2.45) is 10.8 Å². The molecule has 122 valence electrons. The van der Waals surface area contributed by atoms with Crippen molar-refractivity contribution in [1.29, 1.82) is 0 Å². The van der Waals surface area contributed by atoms with Crippen molar-refractivity contribution in [1.82, 2.24) is 20.3 Å². The standard InChI is InChI=1S/C16H26N4O2/c1-11-17-13(20-21-11)9-16(5,6)8-7-12-18-14(22-19-12)10-15(2,3)4/h7-10H2,1-6H3. The zero-order chi connectivity index (χ0) is 16.4. The molecule has 0 aliphatic rings. The third-order valence-corrected chi connectivity index (χ3v) is 3.42. The molecule has 2 heterocycles. The van der Waals surface area contributed by atoms with Crippen molar-refractivity contribution in [2.75, 3.05) is 0 Å². The summed E-state index contributed by atoms with van der Waals surface area (Å²) in [5.41, 5.74) is 0.209. The zero-order valence-electron chi connectivity index (χ0n) is 14.4. The molecule has 0 aliphatic heterocycles. The number of hydrogen-bond acceptors (Lipinski definition) is 6. The van der Waals surface area contributed by atoms with Crippen LogP contribution in [0.4, 0.5) is 0 Å². The molecule has 6 nitrogen and oxygen atoms in total. The van der Waals surface area contributed by atoms with Crippen molar-refractivity contribution in [3.63, 3.8) is 0 Å². The molecule has 0 amide bonds. The van der Waals surface area contributed by atoms with Crippen LogP contribution in [0.25, 0.3) is 0 Å². The lowest BCUT2D eigenvalue weighted by Crippen LogP contribution is -2.17. The van der Waals surface area contributed by atoms with E-state index in [1.807, 2.05) is 0 Å². The summed E-state index contributed by atoms with van der Waals surface area (Å²) < 4.78 is 10.3. The van der Waals surface area contributed by atoms with E-state index >= 15 is 0 Å². The highest BCUT2D eigenvalue weighted by Gasteiger charge is 2.23. The predicted octanol–water partition coefficient (Wildman–Crippen LogP) is 3.55. The van der Waals surface area contributed by atoms with Gasteiger partial charge in [0.25, 0.3) is 0 Å². The van der Waals surface area contributed by atoms with E-state index in [0.29, 0.717) is 11.8 Å².